The van der Waals surface area contributed by atoms with Crippen molar-refractivity contribution < 1.29 is 14.3 Å². The lowest BCUT2D eigenvalue weighted by Crippen LogP contribution is -2.13. The van der Waals surface area contributed by atoms with Crippen molar-refractivity contribution in [2.75, 3.05) is 0 Å². The van der Waals surface area contributed by atoms with Crippen LogP contribution in [-0.2, 0) is 6.61 Å². The molecule has 0 radical (unpaired) electrons. The van der Waals surface area contributed by atoms with E-state index < -0.39 is 5.82 Å². The summed E-state index contributed by atoms with van der Waals surface area (Å²) >= 11 is 12.0. The number of amidine groups is 1. The van der Waals surface area contributed by atoms with Crippen molar-refractivity contribution in [1.82, 2.24) is 0 Å². The smallest absolute Gasteiger partial charge is 0.170 e. The molecule has 0 heterocycles. The minimum atomic E-state index is -0.437. The second kappa shape index (κ2) is 6.65. The van der Waals surface area contributed by atoms with Crippen molar-refractivity contribution in [3.8, 4) is 5.75 Å². The summed E-state index contributed by atoms with van der Waals surface area (Å²) in [6, 6.07) is 8.75. The highest BCUT2D eigenvalue weighted by molar-refractivity contribution is 6.32. The third-order valence-electron chi connectivity index (χ3n) is 2.73. The molecule has 0 fully saturated rings. The molecule has 2 rings (SSSR count). The van der Waals surface area contributed by atoms with Crippen LogP contribution >= 0.6 is 23.2 Å². The maximum atomic E-state index is 12.9. The van der Waals surface area contributed by atoms with Crippen LogP contribution in [0, 0.1) is 5.82 Å². The summed E-state index contributed by atoms with van der Waals surface area (Å²) in [7, 11) is 0. The number of rotatable bonds is 4. The number of oxime groups is 1. The molecule has 0 spiro atoms. The molecule has 0 saturated heterocycles. The van der Waals surface area contributed by atoms with E-state index in [9.17, 15) is 4.39 Å². The highest BCUT2D eigenvalue weighted by atomic mass is 35.5. The summed E-state index contributed by atoms with van der Waals surface area (Å²) in [6.45, 7) is 0.153. The zero-order valence-corrected chi connectivity index (χ0v) is 12.2. The predicted octanol–water partition coefficient (Wildman–Crippen LogP) is 3.81. The Morgan fingerprint density at radius 1 is 1.19 bits per heavy atom. The molecule has 4 nitrogen and oxygen atoms in total. The fourth-order valence-corrected chi connectivity index (χ4v) is 2.09. The zero-order valence-electron chi connectivity index (χ0n) is 10.7. The number of nitrogens with two attached hydrogens (primary N) is 1. The standard InChI is InChI=1S/C14H11Cl2FN2O2/c15-11-5-8(14(18)19-20)1-2-9(11)7-21-13-4-3-10(17)6-12(13)16/h1-6,20H,7H2,(H2,18,19). The van der Waals surface area contributed by atoms with Crippen LogP contribution < -0.4 is 10.5 Å². The summed E-state index contributed by atoms with van der Waals surface area (Å²) < 4.78 is 18.4. The van der Waals surface area contributed by atoms with E-state index in [1.54, 1.807) is 18.2 Å². The Balaban J connectivity index is 2.13. The summed E-state index contributed by atoms with van der Waals surface area (Å²) in [5.41, 5.74) is 6.65. The molecule has 0 aliphatic heterocycles. The number of benzene rings is 2. The highest BCUT2D eigenvalue weighted by Gasteiger charge is 2.08. The maximum Gasteiger partial charge on any atom is 0.170 e. The highest BCUT2D eigenvalue weighted by Crippen LogP contribution is 2.27. The Bertz CT molecular complexity index is 693. The molecule has 2 aromatic rings. The Morgan fingerprint density at radius 2 is 1.95 bits per heavy atom. The van der Waals surface area contributed by atoms with Gasteiger partial charge in [-0.1, -0.05) is 40.5 Å². The van der Waals surface area contributed by atoms with Crippen molar-refractivity contribution in [3.05, 3.63) is 63.4 Å². The summed E-state index contributed by atoms with van der Waals surface area (Å²) in [4.78, 5) is 0. The molecule has 110 valence electrons. The van der Waals surface area contributed by atoms with Crippen molar-refractivity contribution in [2.24, 2.45) is 10.9 Å². The van der Waals surface area contributed by atoms with E-state index in [0.717, 1.165) is 0 Å². The van der Waals surface area contributed by atoms with Crippen LogP contribution in [0.1, 0.15) is 11.1 Å². The van der Waals surface area contributed by atoms with Gasteiger partial charge in [-0.25, -0.2) is 4.39 Å². The van der Waals surface area contributed by atoms with Crippen LogP contribution in [0.15, 0.2) is 41.6 Å². The molecule has 0 atom stereocenters. The monoisotopic (exact) mass is 328 g/mol. The molecule has 0 saturated carbocycles. The van der Waals surface area contributed by atoms with Crippen molar-refractivity contribution in [2.45, 2.75) is 6.61 Å². The van der Waals surface area contributed by atoms with Crippen LogP contribution in [0.25, 0.3) is 0 Å². The first kappa shape index (κ1) is 15.4. The SMILES string of the molecule is N/C(=N/O)c1ccc(COc2ccc(F)cc2Cl)c(Cl)c1. The lowest BCUT2D eigenvalue weighted by Gasteiger charge is -2.10. The van der Waals surface area contributed by atoms with E-state index in [1.807, 2.05) is 0 Å². The number of halogens is 3. The Hall–Kier alpha value is -1.98. The lowest BCUT2D eigenvalue weighted by molar-refractivity contribution is 0.306. The van der Waals surface area contributed by atoms with E-state index >= 15 is 0 Å². The molecule has 0 amide bonds. The number of ether oxygens (including phenoxy) is 1. The van der Waals surface area contributed by atoms with Crippen LogP contribution in [0.4, 0.5) is 4.39 Å². The first-order valence-electron chi connectivity index (χ1n) is 5.85. The minimum absolute atomic E-state index is 0.0362. The predicted molar refractivity (Wildman–Crippen MR) is 79.7 cm³/mol. The van der Waals surface area contributed by atoms with Gasteiger partial charge in [0.1, 0.15) is 18.2 Å². The number of hydrogen-bond acceptors (Lipinski definition) is 3. The van der Waals surface area contributed by atoms with E-state index in [0.29, 0.717) is 21.9 Å². The van der Waals surface area contributed by atoms with Gasteiger partial charge in [-0.2, -0.15) is 0 Å². The summed E-state index contributed by atoms with van der Waals surface area (Å²) in [5, 5.41) is 12.1. The molecule has 0 aliphatic carbocycles. The first-order chi connectivity index (χ1) is 10.0. The quantitative estimate of drug-likeness (QED) is 0.388. The molecular formula is C14H11Cl2FN2O2. The zero-order chi connectivity index (χ0) is 15.4. The van der Waals surface area contributed by atoms with E-state index in [1.165, 1.54) is 18.2 Å². The van der Waals surface area contributed by atoms with Gasteiger partial charge in [0.15, 0.2) is 5.84 Å². The molecule has 0 aliphatic rings. The van der Waals surface area contributed by atoms with Gasteiger partial charge in [0.2, 0.25) is 0 Å². The second-order valence-electron chi connectivity index (χ2n) is 4.15. The Labute approximate surface area is 130 Å². The topological polar surface area (TPSA) is 67.8 Å². The summed E-state index contributed by atoms with van der Waals surface area (Å²) in [5.74, 6) is -0.117. The molecule has 0 bridgehead atoms. The van der Waals surface area contributed by atoms with Crippen molar-refractivity contribution >= 4 is 29.0 Å². The van der Waals surface area contributed by atoms with Gasteiger partial charge in [0.25, 0.3) is 0 Å². The van der Waals surface area contributed by atoms with Crippen LogP contribution in [-0.4, -0.2) is 11.0 Å². The molecule has 21 heavy (non-hydrogen) atoms. The van der Waals surface area contributed by atoms with Gasteiger partial charge < -0.3 is 15.7 Å². The largest absolute Gasteiger partial charge is 0.487 e. The van der Waals surface area contributed by atoms with Crippen LogP contribution in [0.3, 0.4) is 0 Å². The second-order valence-corrected chi connectivity index (χ2v) is 4.97. The number of nitrogens with zero attached hydrogens (tertiary/aromatic N) is 1. The van der Waals surface area contributed by atoms with Crippen LogP contribution in [0.2, 0.25) is 10.0 Å². The average Bonchev–Trinajstić information content (AvgIpc) is 2.46. The maximum absolute atomic E-state index is 12.9. The Kier molecular flexibility index (Phi) is 4.88. The van der Waals surface area contributed by atoms with Gasteiger partial charge >= 0.3 is 0 Å². The molecule has 2 aromatic carbocycles. The molecule has 0 aromatic heterocycles. The third-order valence-corrected chi connectivity index (χ3v) is 3.38. The van der Waals surface area contributed by atoms with E-state index in [2.05, 4.69) is 5.16 Å². The fraction of sp³-hybridized carbons (Fsp3) is 0.0714. The number of hydrogen-bond donors (Lipinski definition) is 2. The normalized spacial score (nSPS) is 11.5. The average molecular weight is 329 g/mol. The van der Waals surface area contributed by atoms with Gasteiger partial charge in [0, 0.05) is 16.1 Å². The van der Waals surface area contributed by atoms with Crippen molar-refractivity contribution in [1.29, 1.82) is 0 Å². The molecule has 7 heteroatoms. The lowest BCUT2D eigenvalue weighted by atomic mass is 10.1. The van der Waals surface area contributed by atoms with Gasteiger partial charge in [-0.15, -0.1) is 0 Å². The Morgan fingerprint density at radius 3 is 2.57 bits per heavy atom. The molecule has 0 unspecified atom stereocenters. The third kappa shape index (κ3) is 3.77. The molecular weight excluding hydrogens is 318 g/mol. The summed E-state index contributed by atoms with van der Waals surface area (Å²) in [6.07, 6.45) is 0. The van der Waals surface area contributed by atoms with E-state index in [-0.39, 0.29) is 17.5 Å². The fourth-order valence-electron chi connectivity index (χ4n) is 1.63. The van der Waals surface area contributed by atoms with Gasteiger partial charge in [0.05, 0.1) is 5.02 Å². The van der Waals surface area contributed by atoms with Gasteiger partial charge in [-0.05, 0) is 24.3 Å². The van der Waals surface area contributed by atoms with Gasteiger partial charge in [-0.3, -0.25) is 0 Å². The van der Waals surface area contributed by atoms with Crippen LogP contribution in [0.5, 0.6) is 5.75 Å². The van der Waals surface area contributed by atoms with Crippen molar-refractivity contribution in [3.63, 3.8) is 0 Å². The molecule has 3 N–H and O–H groups in total. The minimum Gasteiger partial charge on any atom is -0.487 e. The first-order valence-corrected chi connectivity index (χ1v) is 6.61. The van der Waals surface area contributed by atoms with E-state index in [4.69, 9.17) is 38.9 Å².